The molecule has 6 nitrogen and oxygen atoms in total. The monoisotopic (exact) mass is 367 g/mol. The van der Waals surface area contributed by atoms with Gasteiger partial charge in [-0.1, -0.05) is 30.3 Å². The lowest BCUT2D eigenvalue weighted by Gasteiger charge is -2.32. The molecular weight excluding hydrogens is 338 g/mol. The molecule has 2 aliphatic heterocycles. The minimum atomic E-state index is 0.170. The molecule has 1 amide bonds. The molecule has 3 heterocycles. The van der Waals surface area contributed by atoms with Crippen LogP contribution in [-0.4, -0.2) is 77.0 Å². The molecule has 2 aliphatic rings. The van der Waals surface area contributed by atoms with Gasteiger partial charge in [0.25, 0.3) is 0 Å². The second kappa shape index (κ2) is 7.44. The standard InChI is InChI=1S/C21H29N5O/c1-23(2)14-21-15-25(10-18-6-4-3-5-7-18)11-19(21)12-26(16-21)20(27)13-24-9-8-22-17-24/h3-9,17,19H,10-16H2,1-2H3/t19-,21+/m1/s1. The number of hydrogen-bond donors (Lipinski definition) is 0. The molecule has 4 rings (SSSR count). The van der Waals surface area contributed by atoms with E-state index >= 15 is 0 Å². The maximum Gasteiger partial charge on any atom is 0.242 e. The Morgan fingerprint density at radius 2 is 2.04 bits per heavy atom. The summed E-state index contributed by atoms with van der Waals surface area (Å²) in [6, 6.07) is 10.7. The molecule has 2 saturated heterocycles. The highest BCUT2D eigenvalue weighted by molar-refractivity contribution is 5.76. The summed E-state index contributed by atoms with van der Waals surface area (Å²) in [6.07, 6.45) is 5.29. The van der Waals surface area contributed by atoms with Gasteiger partial charge in [0, 0.05) is 57.1 Å². The van der Waals surface area contributed by atoms with Crippen LogP contribution >= 0.6 is 0 Å². The van der Waals surface area contributed by atoms with Crippen molar-refractivity contribution in [3.63, 3.8) is 0 Å². The first-order valence-corrected chi connectivity index (χ1v) is 9.69. The number of benzene rings is 1. The Hall–Kier alpha value is -2.18. The van der Waals surface area contributed by atoms with Crippen LogP contribution in [0, 0.1) is 11.3 Å². The van der Waals surface area contributed by atoms with E-state index in [0.717, 1.165) is 39.3 Å². The molecule has 1 aromatic heterocycles. The Kier molecular flexibility index (Phi) is 5.02. The number of imidazole rings is 1. The largest absolute Gasteiger partial charge is 0.340 e. The van der Waals surface area contributed by atoms with E-state index in [1.54, 1.807) is 12.5 Å². The average molecular weight is 367 g/mol. The van der Waals surface area contributed by atoms with E-state index in [1.807, 2.05) is 10.8 Å². The fraction of sp³-hybridized carbons (Fsp3) is 0.524. The van der Waals surface area contributed by atoms with Crippen molar-refractivity contribution in [1.82, 2.24) is 24.3 Å². The molecule has 27 heavy (non-hydrogen) atoms. The molecule has 144 valence electrons. The Morgan fingerprint density at radius 1 is 1.22 bits per heavy atom. The van der Waals surface area contributed by atoms with Crippen molar-refractivity contribution in [3.05, 3.63) is 54.6 Å². The number of likely N-dealkylation sites (tertiary alicyclic amines) is 2. The van der Waals surface area contributed by atoms with Gasteiger partial charge in [-0.3, -0.25) is 9.69 Å². The number of aromatic nitrogens is 2. The number of carbonyl (C=O) groups excluding carboxylic acids is 1. The summed E-state index contributed by atoms with van der Waals surface area (Å²) >= 11 is 0. The van der Waals surface area contributed by atoms with Crippen molar-refractivity contribution in [3.8, 4) is 0 Å². The molecule has 0 radical (unpaired) electrons. The molecular formula is C21H29N5O. The van der Waals surface area contributed by atoms with Crippen LogP contribution in [-0.2, 0) is 17.9 Å². The van der Waals surface area contributed by atoms with Gasteiger partial charge >= 0.3 is 0 Å². The van der Waals surface area contributed by atoms with E-state index in [2.05, 4.69) is 64.1 Å². The van der Waals surface area contributed by atoms with Crippen molar-refractivity contribution in [2.75, 3.05) is 46.8 Å². The molecule has 1 aromatic carbocycles. The number of fused-ring (bicyclic) bond motifs is 1. The average Bonchev–Trinajstić information content (AvgIpc) is 3.30. The predicted molar refractivity (Wildman–Crippen MR) is 105 cm³/mol. The SMILES string of the molecule is CN(C)C[C@@]12CN(Cc3ccccc3)C[C@@H]1CN(C(=O)Cn1ccnc1)C2. The van der Waals surface area contributed by atoms with Gasteiger partial charge in [0.2, 0.25) is 5.91 Å². The first-order chi connectivity index (χ1) is 13.0. The zero-order valence-corrected chi connectivity index (χ0v) is 16.3. The molecule has 6 heteroatoms. The molecule has 0 N–H and O–H groups in total. The van der Waals surface area contributed by atoms with Crippen LogP contribution in [0.4, 0.5) is 0 Å². The number of hydrogen-bond acceptors (Lipinski definition) is 4. The topological polar surface area (TPSA) is 44.6 Å². The maximum absolute atomic E-state index is 12.8. The third-order valence-corrected chi connectivity index (χ3v) is 5.94. The lowest BCUT2D eigenvalue weighted by Crippen LogP contribution is -2.43. The second-order valence-corrected chi connectivity index (χ2v) is 8.46. The zero-order chi connectivity index (χ0) is 18.9. The maximum atomic E-state index is 12.8. The summed E-state index contributed by atoms with van der Waals surface area (Å²) in [6.45, 7) is 6.25. The molecule has 2 aromatic rings. The van der Waals surface area contributed by atoms with Crippen molar-refractivity contribution >= 4 is 5.91 Å². The lowest BCUT2D eigenvalue weighted by atomic mass is 9.80. The summed E-state index contributed by atoms with van der Waals surface area (Å²) < 4.78 is 1.86. The predicted octanol–water partition coefficient (Wildman–Crippen LogP) is 1.41. The van der Waals surface area contributed by atoms with Crippen LogP contribution in [0.3, 0.4) is 0 Å². The highest BCUT2D eigenvalue weighted by Crippen LogP contribution is 2.43. The second-order valence-electron chi connectivity index (χ2n) is 8.46. The third kappa shape index (κ3) is 3.92. The highest BCUT2D eigenvalue weighted by atomic mass is 16.2. The van der Waals surface area contributed by atoms with E-state index in [-0.39, 0.29) is 11.3 Å². The highest BCUT2D eigenvalue weighted by Gasteiger charge is 2.53. The summed E-state index contributed by atoms with van der Waals surface area (Å²) in [7, 11) is 4.28. The van der Waals surface area contributed by atoms with Gasteiger partial charge < -0.3 is 14.4 Å². The molecule has 0 unspecified atom stereocenters. The van der Waals surface area contributed by atoms with E-state index in [9.17, 15) is 4.79 Å². The van der Waals surface area contributed by atoms with E-state index in [0.29, 0.717) is 12.5 Å². The van der Waals surface area contributed by atoms with Gasteiger partial charge in [0.1, 0.15) is 6.54 Å². The number of nitrogens with zero attached hydrogens (tertiary/aromatic N) is 5. The Labute approximate surface area is 161 Å². The molecule has 2 fully saturated rings. The quantitative estimate of drug-likeness (QED) is 0.774. The summed E-state index contributed by atoms with van der Waals surface area (Å²) in [5.74, 6) is 0.741. The number of carbonyl (C=O) groups is 1. The van der Waals surface area contributed by atoms with E-state index in [1.165, 1.54) is 5.56 Å². The van der Waals surface area contributed by atoms with Crippen molar-refractivity contribution in [2.45, 2.75) is 13.1 Å². The third-order valence-electron chi connectivity index (χ3n) is 5.94. The first-order valence-electron chi connectivity index (χ1n) is 9.69. The molecule has 0 aliphatic carbocycles. The van der Waals surface area contributed by atoms with Crippen LogP contribution in [0.15, 0.2) is 49.1 Å². The Bertz CT molecular complexity index is 760. The summed E-state index contributed by atoms with van der Waals surface area (Å²) in [5.41, 5.74) is 1.54. The molecule has 0 spiro atoms. The van der Waals surface area contributed by atoms with Crippen LogP contribution in [0.5, 0.6) is 0 Å². The van der Waals surface area contributed by atoms with Crippen molar-refractivity contribution in [2.24, 2.45) is 11.3 Å². The lowest BCUT2D eigenvalue weighted by molar-refractivity contribution is -0.131. The van der Waals surface area contributed by atoms with Crippen molar-refractivity contribution in [1.29, 1.82) is 0 Å². The van der Waals surface area contributed by atoms with Crippen LogP contribution in [0.1, 0.15) is 5.56 Å². The number of rotatable bonds is 6. The van der Waals surface area contributed by atoms with Gasteiger partial charge in [-0.05, 0) is 25.6 Å². The molecule has 0 bridgehead atoms. The van der Waals surface area contributed by atoms with Gasteiger partial charge in [0.15, 0.2) is 0 Å². The summed E-state index contributed by atoms with van der Waals surface area (Å²) in [4.78, 5) is 23.8. The van der Waals surface area contributed by atoms with Crippen molar-refractivity contribution < 1.29 is 4.79 Å². The normalized spacial score (nSPS) is 25.3. The van der Waals surface area contributed by atoms with E-state index in [4.69, 9.17) is 0 Å². The summed E-state index contributed by atoms with van der Waals surface area (Å²) in [5, 5.41) is 0. The Morgan fingerprint density at radius 3 is 2.74 bits per heavy atom. The van der Waals surface area contributed by atoms with Gasteiger partial charge in [-0.2, -0.15) is 0 Å². The Balaban J connectivity index is 1.44. The first kappa shape index (κ1) is 18.2. The molecule has 0 saturated carbocycles. The van der Waals surface area contributed by atoms with Gasteiger partial charge in [0.05, 0.1) is 6.33 Å². The van der Waals surface area contributed by atoms with Crippen LogP contribution < -0.4 is 0 Å². The van der Waals surface area contributed by atoms with E-state index < -0.39 is 0 Å². The van der Waals surface area contributed by atoms with Gasteiger partial charge in [-0.15, -0.1) is 0 Å². The fourth-order valence-corrected chi connectivity index (χ4v) is 4.93. The van der Waals surface area contributed by atoms with Crippen LogP contribution in [0.2, 0.25) is 0 Å². The fourth-order valence-electron chi connectivity index (χ4n) is 4.93. The molecule has 2 atom stereocenters. The van der Waals surface area contributed by atoms with Gasteiger partial charge in [-0.25, -0.2) is 4.98 Å². The van der Waals surface area contributed by atoms with Crippen LogP contribution in [0.25, 0.3) is 0 Å². The minimum Gasteiger partial charge on any atom is -0.340 e. The zero-order valence-electron chi connectivity index (χ0n) is 16.3. The minimum absolute atomic E-state index is 0.170. The number of amides is 1. The smallest absolute Gasteiger partial charge is 0.242 e.